The summed E-state index contributed by atoms with van der Waals surface area (Å²) in [7, 11) is 0. The number of carbonyl (C=O) groups excluding carboxylic acids is 1. The quantitative estimate of drug-likeness (QED) is 0.642. The van der Waals surface area contributed by atoms with Crippen LogP contribution in [-0.4, -0.2) is 65.4 Å². The largest absolute Gasteiger partial charge is 0.506 e. The van der Waals surface area contributed by atoms with Gasteiger partial charge in [0.15, 0.2) is 0 Å². The summed E-state index contributed by atoms with van der Waals surface area (Å²) in [6.07, 6.45) is 3.17. The molecule has 182 valence electrons. The van der Waals surface area contributed by atoms with Gasteiger partial charge in [0.25, 0.3) is 0 Å². The first-order valence-electron chi connectivity index (χ1n) is 12.4. The van der Waals surface area contributed by atoms with Crippen molar-refractivity contribution in [2.75, 3.05) is 31.1 Å². The molecule has 2 N–H and O–H groups in total. The summed E-state index contributed by atoms with van der Waals surface area (Å²) in [4.78, 5) is 29.3. The molecule has 1 aromatic carbocycles. The van der Waals surface area contributed by atoms with Gasteiger partial charge in [-0.15, -0.1) is 0 Å². The van der Waals surface area contributed by atoms with Crippen LogP contribution < -0.4 is 10.2 Å². The van der Waals surface area contributed by atoms with Gasteiger partial charge in [-0.2, -0.15) is 5.26 Å². The van der Waals surface area contributed by atoms with E-state index in [-0.39, 0.29) is 23.8 Å². The number of carboxylic acid groups (broad SMARTS) is 1. The lowest BCUT2D eigenvalue weighted by atomic mass is 9.52. The van der Waals surface area contributed by atoms with Gasteiger partial charge in [0.2, 0.25) is 5.91 Å². The molecule has 5 aliphatic rings. The summed E-state index contributed by atoms with van der Waals surface area (Å²) in [6.45, 7) is 7.00. The van der Waals surface area contributed by atoms with Crippen LogP contribution in [0.5, 0.6) is 0 Å². The normalized spacial score (nSPS) is 32.8. The Morgan fingerprint density at radius 3 is 2.38 bits per heavy atom. The minimum absolute atomic E-state index is 0.0454. The van der Waals surface area contributed by atoms with Crippen LogP contribution in [0, 0.1) is 29.1 Å². The molecule has 34 heavy (non-hydrogen) atoms. The maximum atomic E-state index is 13.5. The molecule has 4 saturated carbocycles. The fraction of sp³-hybridized carbons (Fsp3) is 0.654. The van der Waals surface area contributed by atoms with E-state index in [1.807, 2.05) is 38.1 Å². The standard InChI is InChI=1S/C26H34N4O4/c1-25(2,30-9-7-29(8-10-30)21-6-4-3-5-18(21)16-27)23(31)28-22-19-11-17-12-20(22)15-26(13-17,14-19)34-24(32)33/h3-6,17,19-20,22H,7-15H2,1-2H3,(H,28,31)(H,32,33). The van der Waals surface area contributed by atoms with E-state index in [4.69, 9.17) is 4.74 Å². The van der Waals surface area contributed by atoms with Crippen molar-refractivity contribution in [3.63, 3.8) is 0 Å². The van der Waals surface area contributed by atoms with Crippen LogP contribution in [0.25, 0.3) is 0 Å². The van der Waals surface area contributed by atoms with Crippen LogP contribution >= 0.6 is 0 Å². The molecule has 1 saturated heterocycles. The summed E-state index contributed by atoms with van der Waals surface area (Å²) in [5.74, 6) is 1.11. The summed E-state index contributed by atoms with van der Waals surface area (Å²) < 4.78 is 5.40. The van der Waals surface area contributed by atoms with Crippen LogP contribution in [0.3, 0.4) is 0 Å². The lowest BCUT2D eigenvalue weighted by molar-refractivity contribution is -0.157. The van der Waals surface area contributed by atoms with E-state index in [0.717, 1.165) is 51.1 Å². The first-order chi connectivity index (χ1) is 16.2. The number of nitrogens with one attached hydrogen (secondary N) is 1. The number of amides is 1. The Bertz CT molecular complexity index is 994. The third-order valence-electron chi connectivity index (χ3n) is 8.81. The number of hydrogen-bond acceptors (Lipinski definition) is 6. The summed E-state index contributed by atoms with van der Waals surface area (Å²) in [6, 6.07) is 10.0. The highest BCUT2D eigenvalue weighted by atomic mass is 16.7. The lowest BCUT2D eigenvalue weighted by Crippen LogP contribution is -2.66. The molecule has 5 fully saturated rings. The van der Waals surface area contributed by atoms with Crippen LogP contribution in [0.15, 0.2) is 24.3 Å². The number of para-hydroxylation sites is 1. The van der Waals surface area contributed by atoms with Crippen LogP contribution in [-0.2, 0) is 9.53 Å². The van der Waals surface area contributed by atoms with E-state index < -0.39 is 17.3 Å². The smallest absolute Gasteiger partial charge is 0.450 e. The van der Waals surface area contributed by atoms with E-state index >= 15 is 0 Å². The number of hydrogen-bond donors (Lipinski definition) is 2. The topological polar surface area (TPSA) is 106 Å². The number of nitrogens with zero attached hydrogens (tertiary/aromatic N) is 3. The minimum atomic E-state index is -1.18. The zero-order valence-corrected chi connectivity index (χ0v) is 20.0. The highest BCUT2D eigenvalue weighted by molar-refractivity contribution is 5.85. The Morgan fingerprint density at radius 1 is 1.12 bits per heavy atom. The zero-order valence-electron chi connectivity index (χ0n) is 20.0. The second kappa shape index (κ2) is 8.46. The predicted molar refractivity (Wildman–Crippen MR) is 126 cm³/mol. The van der Waals surface area contributed by atoms with E-state index in [1.165, 1.54) is 0 Å². The molecule has 8 heteroatoms. The molecule has 4 bridgehead atoms. The SMILES string of the molecule is CC(C)(C(=O)NC1C2CC3CC1CC(OC(=O)O)(C3)C2)N1CCN(c2ccccc2C#N)CC1. The third-order valence-corrected chi connectivity index (χ3v) is 8.81. The molecule has 6 rings (SSSR count). The third kappa shape index (κ3) is 4.00. The molecule has 4 aliphatic carbocycles. The Balaban J connectivity index is 1.22. The number of piperazine rings is 1. The van der Waals surface area contributed by atoms with Gasteiger partial charge >= 0.3 is 6.16 Å². The van der Waals surface area contributed by atoms with Gasteiger partial charge in [-0.05, 0) is 75.8 Å². The number of carbonyl (C=O) groups is 2. The van der Waals surface area contributed by atoms with Crippen LogP contribution in [0.4, 0.5) is 10.5 Å². The molecule has 8 nitrogen and oxygen atoms in total. The van der Waals surface area contributed by atoms with Crippen molar-refractivity contribution in [2.45, 2.75) is 63.1 Å². The number of ether oxygens (including phenoxy) is 1. The van der Waals surface area contributed by atoms with Gasteiger partial charge < -0.3 is 20.1 Å². The second-order valence-electron chi connectivity index (χ2n) is 11.2. The molecular weight excluding hydrogens is 432 g/mol. The molecule has 1 heterocycles. The number of benzene rings is 1. The monoisotopic (exact) mass is 466 g/mol. The molecule has 1 aromatic rings. The molecule has 2 atom stereocenters. The molecule has 0 radical (unpaired) electrons. The molecule has 2 unspecified atom stereocenters. The van der Waals surface area contributed by atoms with E-state index in [2.05, 4.69) is 21.2 Å². The van der Waals surface area contributed by atoms with Gasteiger partial charge in [0.1, 0.15) is 11.7 Å². The van der Waals surface area contributed by atoms with Crippen molar-refractivity contribution in [3.8, 4) is 6.07 Å². The number of nitriles is 1. The average Bonchev–Trinajstić information content (AvgIpc) is 2.80. The van der Waals surface area contributed by atoms with Gasteiger partial charge in [0.05, 0.1) is 16.8 Å². The van der Waals surface area contributed by atoms with Crippen molar-refractivity contribution < 1.29 is 19.4 Å². The van der Waals surface area contributed by atoms with Crippen LogP contribution in [0.1, 0.15) is 51.5 Å². The predicted octanol–water partition coefficient (Wildman–Crippen LogP) is 3.22. The fourth-order valence-electron chi connectivity index (χ4n) is 7.32. The Kier molecular flexibility index (Phi) is 5.71. The van der Waals surface area contributed by atoms with E-state index in [1.54, 1.807) is 0 Å². The maximum absolute atomic E-state index is 13.5. The van der Waals surface area contributed by atoms with Crippen molar-refractivity contribution >= 4 is 17.7 Å². The average molecular weight is 467 g/mol. The molecule has 0 spiro atoms. The van der Waals surface area contributed by atoms with Gasteiger partial charge in [-0.1, -0.05) is 12.1 Å². The molecule has 1 amide bonds. The molecule has 1 aliphatic heterocycles. The van der Waals surface area contributed by atoms with Crippen molar-refractivity contribution in [2.24, 2.45) is 17.8 Å². The zero-order chi connectivity index (χ0) is 24.1. The number of rotatable bonds is 5. The highest BCUT2D eigenvalue weighted by Gasteiger charge is 2.58. The van der Waals surface area contributed by atoms with Gasteiger partial charge in [-0.25, -0.2) is 4.79 Å². The highest BCUT2D eigenvalue weighted by Crippen LogP contribution is 2.57. The van der Waals surface area contributed by atoms with Crippen molar-refractivity contribution in [1.82, 2.24) is 10.2 Å². The summed E-state index contributed by atoms with van der Waals surface area (Å²) >= 11 is 0. The first-order valence-corrected chi connectivity index (χ1v) is 12.4. The Morgan fingerprint density at radius 2 is 1.76 bits per heavy atom. The van der Waals surface area contributed by atoms with E-state index in [0.29, 0.717) is 24.3 Å². The van der Waals surface area contributed by atoms with Crippen molar-refractivity contribution in [1.29, 1.82) is 5.26 Å². The maximum Gasteiger partial charge on any atom is 0.506 e. The van der Waals surface area contributed by atoms with Crippen molar-refractivity contribution in [3.05, 3.63) is 29.8 Å². The fourth-order valence-corrected chi connectivity index (χ4v) is 7.32. The summed E-state index contributed by atoms with van der Waals surface area (Å²) in [5, 5.41) is 22.1. The van der Waals surface area contributed by atoms with E-state index in [9.17, 15) is 20.0 Å². The number of anilines is 1. The first kappa shape index (κ1) is 23.0. The Labute approximate surface area is 200 Å². The summed E-state index contributed by atoms with van der Waals surface area (Å²) in [5.41, 5.74) is 0.442. The van der Waals surface area contributed by atoms with Gasteiger partial charge in [-0.3, -0.25) is 9.69 Å². The lowest BCUT2D eigenvalue weighted by Gasteiger charge is -2.59. The second-order valence-corrected chi connectivity index (χ2v) is 11.2. The van der Waals surface area contributed by atoms with Crippen LogP contribution in [0.2, 0.25) is 0 Å². The Hall–Kier alpha value is -2.79. The van der Waals surface area contributed by atoms with Gasteiger partial charge in [0, 0.05) is 32.2 Å². The molecule has 0 aromatic heterocycles. The minimum Gasteiger partial charge on any atom is -0.450 e. The molecular formula is C26H34N4O4.